The molecule has 0 saturated heterocycles. The van der Waals surface area contributed by atoms with Crippen LogP contribution in [0.5, 0.6) is 0 Å². The Hall–Kier alpha value is 0.537. The van der Waals surface area contributed by atoms with Gasteiger partial charge in [0, 0.05) is 11.9 Å². The maximum absolute atomic E-state index is 9.85. The number of carbonyl (C=O) groups is 2. The molecule has 0 aliphatic rings. The van der Waals surface area contributed by atoms with Crippen LogP contribution in [0.4, 0.5) is 0 Å². The van der Waals surface area contributed by atoms with Crippen molar-refractivity contribution in [2.75, 3.05) is 0 Å². The van der Waals surface area contributed by atoms with Gasteiger partial charge >= 0.3 is 185 Å². The van der Waals surface area contributed by atoms with Gasteiger partial charge in [-0.25, -0.2) is 0 Å². The number of carboxylic acids is 2. The summed E-state index contributed by atoms with van der Waals surface area (Å²) in [7, 11) is 0. The molecule has 0 radical (unpaired) electrons. The molecule has 0 fully saturated rings. The first-order chi connectivity index (χ1) is 21.2. The van der Waals surface area contributed by atoms with Crippen LogP contribution in [-0.2, 0) is 9.59 Å². The molecule has 0 aromatic heterocycles. The Morgan fingerprint density at radius 1 is 0.341 bits per heavy atom. The van der Waals surface area contributed by atoms with Crippen LogP contribution in [-0.4, -0.2) is 51.5 Å². The quantitative estimate of drug-likeness (QED) is 0.0581. The van der Waals surface area contributed by atoms with Gasteiger partial charge in [-0.15, -0.1) is 0 Å². The molecule has 0 saturated carbocycles. The number of aliphatic carboxylic acids is 2. The predicted octanol–water partition coefficient (Wildman–Crippen LogP) is 11.2. The fourth-order valence-electron chi connectivity index (χ4n) is 4.70. The molecule has 0 heterocycles. The zero-order valence-corrected chi connectivity index (χ0v) is 37.1. The third-order valence-electron chi connectivity index (χ3n) is 7.77. The van der Waals surface area contributed by atoms with E-state index in [9.17, 15) is 19.8 Å². The summed E-state index contributed by atoms with van der Waals surface area (Å²) in [5, 5.41) is 19.7. The molecule has 6 heteroatoms. The van der Waals surface area contributed by atoms with E-state index in [1.54, 1.807) is 26.6 Å². The van der Waals surface area contributed by atoms with Crippen LogP contribution in [0.3, 0.4) is 0 Å². The second-order valence-electron chi connectivity index (χ2n) is 12.5. The number of hydrogen-bond donors (Lipinski definition) is 0. The van der Waals surface area contributed by atoms with E-state index in [4.69, 9.17) is 0 Å². The first-order valence-corrected chi connectivity index (χ1v) is 31.4. The van der Waals surface area contributed by atoms with Crippen molar-refractivity contribution in [2.24, 2.45) is 0 Å². The summed E-state index contributed by atoms with van der Waals surface area (Å²) in [6.45, 7) is 18.2. The van der Waals surface area contributed by atoms with Crippen molar-refractivity contribution in [1.82, 2.24) is 0 Å². The molecule has 264 valence electrons. The van der Waals surface area contributed by atoms with E-state index in [1.165, 1.54) is 77.0 Å². The number of hydrogen-bond acceptors (Lipinski definition) is 4. The average molecular weight is 838 g/mol. The molecule has 0 aromatic carbocycles. The summed E-state index contributed by atoms with van der Waals surface area (Å²) < 4.78 is 10.1. The average Bonchev–Trinajstić information content (AvgIpc) is 3.01. The Morgan fingerprint density at radius 2 is 0.545 bits per heavy atom. The number of carboxylic acid groups (broad SMARTS) is 2. The van der Waals surface area contributed by atoms with Gasteiger partial charge in [0.2, 0.25) is 0 Å². The van der Waals surface area contributed by atoms with E-state index in [-0.39, 0.29) is 12.8 Å². The third kappa shape index (κ3) is 55.0. The minimum absolute atomic E-state index is 0.222. The Balaban J connectivity index is -0.000000246. The van der Waals surface area contributed by atoms with E-state index in [1.807, 2.05) is 0 Å². The van der Waals surface area contributed by atoms with Gasteiger partial charge in [0.25, 0.3) is 0 Å². The van der Waals surface area contributed by atoms with Crippen LogP contribution in [0, 0.1) is 0 Å². The SMILES string of the molecule is CCCCCCC(=O)[O-].CCCCCCC(=O)[O-].CCC[CH2][Sn+]([CH2]CCC)[CH2]CCC.CCC[CH2][Sn+]([CH2]CCC)[CH2]CCC. The summed E-state index contributed by atoms with van der Waals surface area (Å²) in [6, 6.07) is 0. The molecule has 0 aliphatic carbocycles. The van der Waals surface area contributed by atoms with Gasteiger partial charge < -0.3 is 19.8 Å². The Kier molecular flexibility index (Phi) is 56.0. The fraction of sp³-hybridized carbons (Fsp3) is 0.947. The summed E-state index contributed by atoms with van der Waals surface area (Å²) in [5.41, 5.74) is 0. The second-order valence-corrected chi connectivity index (χ2v) is 29.6. The second kappa shape index (κ2) is 47.9. The van der Waals surface area contributed by atoms with Gasteiger partial charge in [-0.1, -0.05) is 52.4 Å². The molecule has 0 amide bonds. The van der Waals surface area contributed by atoms with Gasteiger partial charge in [-0.3, -0.25) is 0 Å². The molecule has 0 bridgehead atoms. The molecule has 0 N–H and O–H groups in total. The van der Waals surface area contributed by atoms with E-state index in [0.29, 0.717) is 0 Å². The van der Waals surface area contributed by atoms with E-state index in [0.717, 1.165) is 51.4 Å². The molecule has 4 nitrogen and oxygen atoms in total. The predicted molar refractivity (Wildman–Crippen MR) is 197 cm³/mol. The van der Waals surface area contributed by atoms with E-state index < -0.39 is 51.5 Å². The van der Waals surface area contributed by atoms with Crippen LogP contribution in [0.1, 0.15) is 197 Å². The van der Waals surface area contributed by atoms with Crippen molar-refractivity contribution in [3.05, 3.63) is 0 Å². The van der Waals surface area contributed by atoms with Crippen molar-refractivity contribution in [3.63, 3.8) is 0 Å². The first kappa shape index (κ1) is 51.4. The maximum atomic E-state index is 9.85. The van der Waals surface area contributed by atoms with Crippen LogP contribution in [0.2, 0.25) is 26.6 Å². The zero-order chi connectivity index (χ0) is 34.1. The van der Waals surface area contributed by atoms with Crippen LogP contribution in [0.15, 0.2) is 0 Å². The summed E-state index contributed by atoms with van der Waals surface area (Å²) in [4.78, 5) is 19.7. The van der Waals surface area contributed by atoms with Gasteiger partial charge in [-0.05, 0) is 25.7 Å². The van der Waals surface area contributed by atoms with Gasteiger partial charge in [0.1, 0.15) is 0 Å². The Labute approximate surface area is 292 Å². The van der Waals surface area contributed by atoms with E-state index >= 15 is 0 Å². The van der Waals surface area contributed by atoms with Gasteiger partial charge in [0.15, 0.2) is 0 Å². The topological polar surface area (TPSA) is 80.3 Å². The fourth-order valence-corrected chi connectivity index (χ4v) is 23.6. The van der Waals surface area contributed by atoms with Gasteiger partial charge in [0.05, 0.1) is 0 Å². The van der Waals surface area contributed by atoms with Crippen molar-refractivity contribution in [3.8, 4) is 0 Å². The normalized spacial score (nSPS) is 10.0. The monoisotopic (exact) mass is 840 g/mol. The van der Waals surface area contributed by atoms with Crippen molar-refractivity contribution >= 4 is 51.5 Å². The zero-order valence-electron chi connectivity index (χ0n) is 31.4. The van der Waals surface area contributed by atoms with E-state index in [2.05, 4.69) is 55.4 Å². The third-order valence-corrected chi connectivity index (χ3v) is 25.9. The molecular weight excluding hydrogens is 758 g/mol. The van der Waals surface area contributed by atoms with Crippen molar-refractivity contribution < 1.29 is 19.8 Å². The van der Waals surface area contributed by atoms with Crippen molar-refractivity contribution in [1.29, 1.82) is 0 Å². The van der Waals surface area contributed by atoms with Crippen molar-refractivity contribution in [2.45, 2.75) is 223 Å². The summed E-state index contributed by atoms with van der Waals surface area (Å²) >= 11 is -1.68. The molecule has 44 heavy (non-hydrogen) atoms. The molecule has 0 atom stereocenters. The van der Waals surface area contributed by atoms with Crippen LogP contribution >= 0.6 is 0 Å². The summed E-state index contributed by atoms with van der Waals surface area (Å²) in [6.07, 6.45) is 26.3. The first-order valence-electron chi connectivity index (χ1n) is 19.3. The standard InChI is InChI=1S/2C7H14O2.6C4H9.2Sn/c2*1-2-3-4-5-6-7(8)9;6*1-3-4-2;;/h2*2-6H2,1H3,(H,8,9);6*1,3-4H2,2H3;;/q;;;;;;;;2*+1/p-2. The molecule has 0 unspecified atom stereocenters. The molecule has 0 spiro atoms. The van der Waals surface area contributed by atoms with Crippen LogP contribution in [0.25, 0.3) is 0 Å². The molecule has 0 rings (SSSR count). The number of rotatable bonds is 28. The van der Waals surface area contributed by atoms with Crippen LogP contribution < -0.4 is 10.2 Å². The number of carbonyl (C=O) groups excluding carboxylic acids is 2. The Bertz CT molecular complexity index is 447. The molecule has 0 aromatic rings. The molecule has 0 aliphatic heterocycles. The molecular formula is C38H80O4Sn2. The summed E-state index contributed by atoms with van der Waals surface area (Å²) in [5.74, 6) is -1.85. The Morgan fingerprint density at radius 3 is 0.705 bits per heavy atom. The van der Waals surface area contributed by atoms with Gasteiger partial charge in [-0.2, -0.15) is 0 Å². The minimum atomic E-state index is -0.925. The number of unbranched alkanes of at least 4 members (excludes halogenated alkanes) is 12.